The van der Waals surface area contributed by atoms with Crippen LogP contribution in [0.1, 0.15) is 12.0 Å². The van der Waals surface area contributed by atoms with Crippen LogP contribution in [0.2, 0.25) is 0 Å². The molecule has 5 heteroatoms. The molecule has 0 bridgehead atoms. The highest BCUT2D eigenvalue weighted by Gasteiger charge is 2.04. The van der Waals surface area contributed by atoms with E-state index in [9.17, 15) is 9.59 Å². The van der Waals surface area contributed by atoms with Crippen molar-refractivity contribution in [2.75, 3.05) is 20.3 Å². The molecule has 1 heterocycles. The van der Waals surface area contributed by atoms with Gasteiger partial charge in [-0.05, 0) is 24.6 Å². The second-order valence-corrected chi connectivity index (χ2v) is 4.49. The number of nitrogens with one attached hydrogen (secondary N) is 1. The van der Waals surface area contributed by atoms with E-state index in [0.29, 0.717) is 29.7 Å². The number of amides is 1. The first-order chi connectivity index (χ1) is 10.2. The lowest BCUT2D eigenvalue weighted by Gasteiger charge is -2.01. The van der Waals surface area contributed by atoms with Crippen LogP contribution >= 0.6 is 0 Å². The van der Waals surface area contributed by atoms with Crippen molar-refractivity contribution in [2.45, 2.75) is 6.42 Å². The number of hydrogen-bond acceptors (Lipinski definition) is 4. The second kappa shape index (κ2) is 7.40. The Morgan fingerprint density at radius 2 is 2.19 bits per heavy atom. The van der Waals surface area contributed by atoms with E-state index < -0.39 is 0 Å². The molecule has 0 fully saturated rings. The van der Waals surface area contributed by atoms with Gasteiger partial charge in [0.15, 0.2) is 5.43 Å². The van der Waals surface area contributed by atoms with Crippen molar-refractivity contribution < 1.29 is 13.9 Å². The van der Waals surface area contributed by atoms with Gasteiger partial charge in [-0.1, -0.05) is 12.1 Å². The SMILES string of the molecule is COCCCNC(=O)/C=C/c1coc2ccccc2c1=O. The van der Waals surface area contributed by atoms with Gasteiger partial charge >= 0.3 is 0 Å². The number of carbonyl (C=O) groups is 1. The van der Waals surface area contributed by atoms with E-state index in [2.05, 4.69) is 5.32 Å². The molecule has 1 amide bonds. The maximum absolute atomic E-state index is 12.2. The molecule has 1 N–H and O–H groups in total. The topological polar surface area (TPSA) is 68.5 Å². The number of fused-ring (bicyclic) bond motifs is 1. The third-order valence-electron chi connectivity index (χ3n) is 2.95. The van der Waals surface area contributed by atoms with Crippen molar-refractivity contribution in [1.82, 2.24) is 5.32 Å². The molecule has 0 unspecified atom stereocenters. The summed E-state index contributed by atoms with van der Waals surface area (Å²) in [7, 11) is 1.61. The highest BCUT2D eigenvalue weighted by atomic mass is 16.5. The molecular formula is C16H17NO4. The lowest BCUT2D eigenvalue weighted by atomic mass is 10.1. The van der Waals surface area contributed by atoms with E-state index in [1.54, 1.807) is 31.4 Å². The maximum Gasteiger partial charge on any atom is 0.244 e. The monoisotopic (exact) mass is 287 g/mol. The molecule has 0 saturated carbocycles. The maximum atomic E-state index is 12.2. The Bertz CT molecular complexity index is 703. The third-order valence-corrected chi connectivity index (χ3v) is 2.95. The van der Waals surface area contributed by atoms with Crippen LogP contribution in [-0.4, -0.2) is 26.2 Å². The molecule has 0 spiro atoms. The van der Waals surface area contributed by atoms with Crippen molar-refractivity contribution in [3.8, 4) is 0 Å². The number of para-hydroxylation sites is 1. The fourth-order valence-corrected chi connectivity index (χ4v) is 1.86. The standard InChI is InChI=1S/C16H17NO4/c1-20-10-4-9-17-15(18)8-7-12-11-21-14-6-3-2-5-13(14)16(12)19/h2-3,5-8,11H,4,9-10H2,1H3,(H,17,18)/b8-7+. The fraction of sp³-hybridized carbons (Fsp3) is 0.250. The van der Waals surface area contributed by atoms with Crippen molar-refractivity contribution in [1.29, 1.82) is 0 Å². The van der Waals surface area contributed by atoms with E-state index in [0.717, 1.165) is 6.42 Å². The zero-order valence-corrected chi connectivity index (χ0v) is 11.8. The van der Waals surface area contributed by atoms with Crippen molar-refractivity contribution in [3.05, 3.63) is 52.4 Å². The van der Waals surface area contributed by atoms with Gasteiger partial charge in [-0.15, -0.1) is 0 Å². The number of methoxy groups -OCH3 is 1. The summed E-state index contributed by atoms with van der Waals surface area (Å²) < 4.78 is 10.3. The average Bonchev–Trinajstić information content (AvgIpc) is 2.51. The van der Waals surface area contributed by atoms with Crippen molar-refractivity contribution in [3.63, 3.8) is 0 Å². The number of benzene rings is 1. The van der Waals surface area contributed by atoms with Crippen LogP contribution < -0.4 is 10.7 Å². The van der Waals surface area contributed by atoms with Gasteiger partial charge in [0.1, 0.15) is 11.8 Å². The Kier molecular flexibility index (Phi) is 5.29. The molecule has 0 aliphatic heterocycles. The molecule has 2 aromatic rings. The summed E-state index contributed by atoms with van der Waals surface area (Å²) >= 11 is 0. The van der Waals surface area contributed by atoms with Crippen LogP contribution in [0.3, 0.4) is 0 Å². The van der Waals surface area contributed by atoms with Gasteiger partial charge in [-0.2, -0.15) is 0 Å². The van der Waals surface area contributed by atoms with Gasteiger partial charge in [-0.25, -0.2) is 0 Å². The minimum absolute atomic E-state index is 0.153. The van der Waals surface area contributed by atoms with Gasteiger partial charge in [0.2, 0.25) is 5.91 Å². The largest absolute Gasteiger partial charge is 0.463 e. The summed E-state index contributed by atoms with van der Waals surface area (Å²) in [6, 6.07) is 7.00. The molecule has 2 rings (SSSR count). The predicted molar refractivity (Wildman–Crippen MR) is 81.0 cm³/mol. The van der Waals surface area contributed by atoms with Crippen molar-refractivity contribution >= 4 is 23.0 Å². The van der Waals surface area contributed by atoms with Crippen LogP contribution in [0.15, 0.2) is 45.8 Å². The van der Waals surface area contributed by atoms with E-state index in [1.807, 2.05) is 0 Å². The van der Waals surface area contributed by atoms with Crippen LogP contribution in [-0.2, 0) is 9.53 Å². The molecule has 110 valence electrons. The van der Waals surface area contributed by atoms with Crippen LogP contribution in [0.5, 0.6) is 0 Å². The molecular weight excluding hydrogens is 270 g/mol. The third kappa shape index (κ3) is 4.03. The summed E-state index contributed by atoms with van der Waals surface area (Å²) in [5, 5.41) is 3.21. The molecule has 0 atom stereocenters. The molecule has 0 radical (unpaired) electrons. The van der Waals surface area contributed by atoms with Gasteiger partial charge in [0.25, 0.3) is 0 Å². The van der Waals surface area contributed by atoms with Gasteiger partial charge in [0.05, 0.1) is 10.9 Å². The van der Waals surface area contributed by atoms with Gasteiger partial charge in [0, 0.05) is 26.3 Å². The fourth-order valence-electron chi connectivity index (χ4n) is 1.86. The minimum Gasteiger partial charge on any atom is -0.463 e. The predicted octanol–water partition coefficient (Wildman–Crippen LogP) is 1.96. The molecule has 1 aromatic heterocycles. The van der Waals surface area contributed by atoms with Crippen LogP contribution in [0, 0.1) is 0 Å². The lowest BCUT2D eigenvalue weighted by Crippen LogP contribution is -2.23. The zero-order chi connectivity index (χ0) is 15.1. The smallest absolute Gasteiger partial charge is 0.244 e. The van der Waals surface area contributed by atoms with E-state index in [1.165, 1.54) is 18.4 Å². The Labute approximate surface area is 122 Å². The summed E-state index contributed by atoms with van der Waals surface area (Å²) in [6.07, 6.45) is 4.89. The summed E-state index contributed by atoms with van der Waals surface area (Å²) in [6.45, 7) is 1.13. The van der Waals surface area contributed by atoms with E-state index in [-0.39, 0.29) is 11.3 Å². The highest BCUT2D eigenvalue weighted by molar-refractivity contribution is 5.92. The zero-order valence-electron chi connectivity index (χ0n) is 11.8. The first-order valence-corrected chi connectivity index (χ1v) is 6.68. The average molecular weight is 287 g/mol. The molecule has 0 saturated heterocycles. The Morgan fingerprint density at radius 1 is 1.38 bits per heavy atom. The van der Waals surface area contributed by atoms with Gasteiger partial charge in [-0.3, -0.25) is 9.59 Å². The number of ether oxygens (including phenoxy) is 1. The normalized spacial score (nSPS) is 11.1. The first-order valence-electron chi connectivity index (χ1n) is 6.68. The molecule has 21 heavy (non-hydrogen) atoms. The van der Waals surface area contributed by atoms with Crippen LogP contribution in [0.25, 0.3) is 17.0 Å². The van der Waals surface area contributed by atoms with Crippen molar-refractivity contribution in [2.24, 2.45) is 0 Å². The number of carbonyl (C=O) groups excluding carboxylic acids is 1. The molecule has 0 aliphatic carbocycles. The Hall–Kier alpha value is -2.40. The Balaban J connectivity index is 2.06. The summed E-state index contributed by atoms with van der Waals surface area (Å²) in [5.74, 6) is -0.251. The number of rotatable bonds is 6. The first kappa shape index (κ1) is 15.0. The molecule has 1 aromatic carbocycles. The quantitative estimate of drug-likeness (QED) is 0.651. The lowest BCUT2D eigenvalue weighted by molar-refractivity contribution is -0.116. The van der Waals surface area contributed by atoms with Crippen LogP contribution in [0.4, 0.5) is 0 Å². The number of hydrogen-bond donors (Lipinski definition) is 1. The van der Waals surface area contributed by atoms with E-state index in [4.69, 9.17) is 9.15 Å². The molecule has 5 nitrogen and oxygen atoms in total. The minimum atomic E-state index is -0.251. The summed E-state index contributed by atoms with van der Waals surface area (Å²) in [5.41, 5.74) is 0.727. The van der Waals surface area contributed by atoms with E-state index >= 15 is 0 Å². The summed E-state index contributed by atoms with van der Waals surface area (Å²) in [4.78, 5) is 23.8. The highest BCUT2D eigenvalue weighted by Crippen LogP contribution is 2.10. The Morgan fingerprint density at radius 3 is 3.00 bits per heavy atom. The van der Waals surface area contributed by atoms with Gasteiger partial charge < -0.3 is 14.5 Å². The molecule has 0 aliphatic rings. The second-order valence-electron chi connectivity index (χ2n) is 4.49.